The van der Waals surface area contributed by atoms with E-state index in [2.05, 4.69) is 47.2 Å². The van der Waals surface area contributed by atoms with Crippen molar-refractivity contribution < 1.29 is 0 Å². The molecule has 1 aromatic carbocycles. The summed E-state index contributed by atoms with van der Waals surface area (Å²) in [6.07, 6.45) is 7.92. The Balaban J connectivity index is 1.43. The summed E-state index contributed by atoms with van der Waals surface area (Å²) >= 11 is 5.98. The van der Waals surface area contributed by atoms with Gasteiger partial charge < -0.3 is 9.80 Å². The molecule has 1 aliphatic heterocycles. The van der Waals surface area contributed by atoms with E-state index < -0.39 is 0 Å². The predicted molar refractivity (Wildman–Crippen MR) is 109 cm³/mol. The van der Waals surface area contributed by atoms with Gasteiger partial charge in [-0.25, -0.2) is 0 Å². The lowest BCUT2D eigenvalue weighted by Crippen LogP contribution is -2.40. The third-order valence-corrected chi connectivity index (χ3v) is 5.52. The third kappa shape index (κ3) is 5.83. The van der Waals surface area contributed by atoms with Gasteiger partial charge >= 0.3 is 0 Å². The molecule has 0 radical (unpaired) electrons. The van der Waals surface area contributed by atoms with Crippen molar-refractivity contribution in [2.24, 2.45) is 5.92 Å². The fraction of sp³-hybridized carbons (Fsp3) is 0.571. The van der Waals surface area contributed by atoms with Crippen molar-refractivity contribution in [1.82, 2.24) is 19.6 Å². The maximum atomic E-state index is 5.98. The highest BCUT2D eigenvalue weighted by Crippen LogP contribution is 2.19. The van der Waals surface area contributed by atoms with E-state index in [1.165, 1.54) is 37.1 Å². The molecule has 0 N–H and O–H groups in total. The fourth-order valence-electron chi connectivity index (χ4n) is 3.92. The zero-order valence-electron chi connectivity index (χ0n) is 16.1. The topological polar surface area (TPSA) is 24.3 Å². The molecular formula is C21H31ClN4. The number of hydrogen-bond donors (Lipinski definition) is 0. The van der Waals surface area contributed by atoms with Crippen LogP contribution in [-0.4, -0.2) is 52.8 Å². The molecule has 1 atom stereocenters. The first kappa shape index (κ1) is 19.4. The molecule has 3 rings (SSSR count). The normalized spacial score (nSPS) is 18.5. The Morgan fingerprint density at radius 3 is 2.77 bits per heavy atom. The van der Waals surface area contributed by atoms with Crippen LogP contribution in [-0.2, 0) is 19.5 Å². The van der Waals surface area contributed by atoms with Gasteiger partial charge in [0.25, 0.3) is 0 Å². The summed E-state index contributed by atoms with van der Waals surface area (Å²) in [5, 5.41) is 5.20. The molecule has 2 aromatic rings. The van der Waals surface area contributed by atoms with Gasteiger partial charge in [0.15, 0.2) is 0 Å². The van der Waals surface area contributed by atoms with Gasteiger partial charge in [-0.3, -0.25) is 4.68 Å². The molecule has 0 aliphatic carbocycles. The van der Waals surface area contributed by atoms with Crippen molar-refractivity contribution in [2.45, 2.75) is 39.3 Å². The molecule has 4 nitrogen and oxygen atoms in total. The largest absolute Gasteiger partial charge is 0.303 e. The molecule has 1 aromatic heterocycles. The molecule has 0 saturated carbocycles. The molecule has 2 heterocycles. The highest BCUT2D eigenvalue weighted by molar-refractivity contribution is 6.30. The number of rotatable bonds is 8. The summed E-state index contributed by atoms with van der Waals surface area (Å²) in [6.45, 7) is 8.81. The van der Waals surface area contributed by atoms with Crippen LogP contribution in [0, 0.1) is 5.92 Å². The van der Waals surface area contributed by atoms with Gasteiger partial charge in [-0.1, -0.05) is 23.7 Å². The summed E-state index contributed by atoms with van der Waals surface area (Å²) in [6, 6.07) is 8.28. The van der Waals surface area contributed by atoms with Crippen LogP contribution in [0.4, 0.5) is 0 Å². The smallest absolute Gasteiger partial charge is 0.0534 e. The number of piperidine rings is 1. The van der Waals surface area contributed by atoms with Crippen LogP contribution < -0.4 is 0 Å². The highest BCUT2D eigenvalue weighted by Gasteiger charge is 2.21. The van der Waals surface area contributed by atoms with Crippen molar-refractivity contribution in [3.8, 4) is 0 Å². The minimum atomic E-state index is 0.764. The Morgan fingerprint density at radius 1 is 1.23 bits per heavy atom. The van der Waals surface area contributed by atoms with Crippen LogP contribution >= 0.6 is 11.6 Å². The molecule has 26 heavy (non-hydrogen) atoms. The Morgan fingerprint density at radius 2 is 2.04 bits per heavy atom. The van der Waals surface area contributed by atoms with E-state index in [4.69, 9.17) is 11.6 Å². The van der Waals surface area contributed by atoms with E-state index in [9.17, 15) is 0 Å². The monoisotopic (exact) mass is 374 g/mol. The second kappa shape index (κ2) is 9.54. The van der Waals surface area contributed by atoms with Gasteiger partial charge in [-0.2, -0.15) is 5.10 Å². The number of likely N-dealkylation sites (tertiary alicyclic amines) is 1. The first-order valence-electron chi connectivity index (χ1n) is 9.79. The van der Waals surface area contributed by atoms with E-state index in [-0.39, 0.29) is 0 Å². The second-order valence-corrected chi connectivity index (χ2v) is 8.02. The van der Waals surface area contributed by atoms with Crippen LogP contribution in [0.2, 0.25) is 5.02 Å². The van der Waals surface area contributed by atoms with E-state index >= 15 is 0 Å². The molecule has 0 bridgehead atoms. The number of nitrogens with zero attached hydrogens (tertiary/aromatic N) is 4. The third-order valence-electron chi connectivity index (χ3n) is 5.27. The molecule has 1 aliphatic rings. The number of hydrogen-bond acceptors (Lipinski definition) is 3. The molecule has 0 unspecified atom stereocenters. The minimum absolute atomic E-state index is 0.764. The summed E-state index contributed by atoms with van der Waals surface area (Å²) in [5.74, 6) is 0.764. The number of halogens is 1. The molecule has 1 saturated heterocycles. The fourth-order valence-corrected chi connectivity index (χ4v) is 4.05. The highest BCUT2D eigenvalue weighted by atomic mass is 35.5. The van der Waals surface area contributed by atoms with Crippen molar-refractivity contribution in [3.05, 3.63) is 52.8 Å². The summed E-state index contributed by atoms with van der Waals surface area (Å²) in [7, 11) is 2.23. The lowest BCUT2D eigenvalue weighted by molar-refractivity contribution is 0.142. The predicted octanol–water partition coefficient (Wildman–Crippen LogP) is 3.94. The molecule has 1 fully saturated rings. The van der Waals surface area contributed by atoms with Gasteiger partial charge in [0, 0.05) is 49.5 Å². The standard InChI is InChI=1S/C21H31ClN4/c1-3-26-17-20(13-23-26)15-24(2)14-19-5-4-11-25(16-19)12-10-18-6-8-21(22)9-7-18/h6-9,13,17,19H,3-5,10-12,14-16H2,1-2H3/t19-/m0/s1. The van der Waals surface area contributed by atoms with Gasteiger partial charge in [-0.05, 0) is 63.4 Å². The van der Waals surface area contributed by atoms with Crippen molar-refractivity contribution >= 4 is 11.6 Å². The second-order valence-electron chi connectivity index (χ2n) is 7.59. The van der Waals surface area contributed by atoms with E-state index in [1.54, 1.807) is 0 Å². The van der Waals surface area contributed by atoms with Crippen LogP contribution in [0.15, 0.2) is 36.7 Å². The maximum absolute atomic E-state index is 5.98. The average molecular weight is 375 g/mol. The molecule has 0 spiro atoms. The SMILES string of the molecule is CCn1cc(CN(C)C[C@@H]2CCCN(CCc3ccc(Cl)cc3)C2)cn1. The molecular weight excluding hydrogens is 344 g/mol. The zero-order chi connectivity index (χ0) is 18.4. The van der Waals surface area contributed by atoms with E-state index in [0.717, 1.165) is 43.5 Å². The van der Waals surface area contributed by atoms with Gasteiger partial charge in [0.1, 0.15) is 0 Å². The molecule has 5 heteroatoms. The van der Waals surface area contributed by atoms with Crippen molar-refractivity contribution in [2.75, 3.05) is 33.2 Å². The number of aromatic nitrogens is 2. The molecule has 0 amide bonds. The Kier molecular flexibility index (Phi) is 7.12. The Hall–Kier alpha value is -1.36. The Labute approximate surface area is 162 Å². The van der Waals surface area contributed by atoms with Crippen molar-refractivity contribution in [1.29, 1.82) is 0 Å². The van der Waals surface area contributed by atoms with E-state index in [0.29, 0.717) is 0 Å². The lowest BCUT2D eigenvalue weighted by Gasteiger charge is -2.34. The number of aryl methyl sites for hydroxylation is 1. The molecule has 142 valence electrons. The van der Waals surface area contributed by atoms with Gasteiger partial charge in [-0.15, -0.1) is 0 Å². The number of benzene rings is 1. The summed E-state index contributed by atoms with van der Waals surface area (Å²) in [4.78, 5) is 5.08. The Bertz CT molecular complexity index is 667. The van der Waals surface area contributed by atoms with E-state index in [1.807, 2.05) is 23.0 Å². The first-order valence-corrected chi connectivity index (χ1v) is 10.2. The first-order chi connectivity index (χ1) is 12.6. The van der Waals surface area contributed by atoms with Crippen LogP contribution in [0.25, 0.3) is 0 Å². The summed E-state index contributed by atoms with van der Waals surface area (Å²) in [5.41, 5.74) is 2.69. The minimum Gasteiger partial charge on any atom is -0.303 e. The quantitative estimate of drug-likeness (QED) is 0.699. The van der Waals surface area contributed by atoms with Crippen LogP contribution in [0.5, 0.6) is 0 Å². The van der Waals surface area contributed by atoms with Gasteiger partial charge in [0.05, 0.1) is 6.20 Å². The van der Waals surface area contributed by atoms with Crippen molar-refractivity contribution in [3.63, 3.8) is 0 Å². The van der Waals surface area contributed by atoms with Crippen LogP contribution in [0.3, 0.4) is 0 Å². The average Bonchev–Trinajstić information content (AvgIpc) is 3.09. The summed E-state index contributed by atoms with van der Waals surface area (Å²) < 4.78 is 2.00. The van der Waals surface area contributed by atoms with Gasteiger partial charge in [0.2, 0.25) is 0 Å². The lowest BCUT2D eigenvalue weighted by atomic mass is 9.97. The van der Waals surface area contributed by atoms with Crippen LogP contribution in [0.1, 0.15) is 30.9 Å². The zero-order valence-corrected chi connectivity index (χ0v) is 16.8. The maximum Gasteiger partial charge on any atom is 0.0534 e.